The van der Waals surface area contributed by atoms with Gasteiger partial charge in [0.05, 0.1) is 0 Å². The highest BCUT2D eigenvalue weighted by Gasteiger charge is 2.32. The van der Waals surface area contributed by atoms with E-state index in [2.05, 4.69) is 5.32 Å². The summed E-state index contributed by atoms with van der Waals surface area (Å²) in [5, 5.41) is 2.93. The second kappa shape index (κ2) is 3.46. The summed E-state index contributed by atoms with van der Waals surface area (Å²) in [6.45, 7) is 0.917. The number of hydrogen-bond acceptors (Lipinski definition) is 1. The first-order chi connectivity index (χ1) is 5.88. The maximum absolute atomic E-state index is 11.4. The Hall–Kier alpha value is -0.530. The molecule has 0 aromatic rings. The molecule has 2 fully saturated rings. The molecule has 68 valence electrons. The fraction of sp³-hybridized carbons (Fsp3) is 0.900. The third-order valence-electron chi connectivity index (χ3n) is 3.31. The normalized spacial score (nSPS) is 32.0. The van der Waals surface area contributed by atoms with Crippen molar-refractivity contribution < 1.29 is 4.79 Å². The van der Waals surface area contributed by atoms with Gasteiger partial charge in [0.15, 0.2) is 0 Å². The summed E-state index contributed by atoms with van der Waals surface area (Å²) in [4.78, 5) is 11.4. The summed E-state index contributed by atoms with van der Waals surface area (Å²) in [5.41, 5.74) is 0. The zero-order valence-electron chi connectivity index (χ0n) is 7.51. The Morgan fingerprint density at radius 1 is 1.08 bits per heavy atom. The maximum atomic E-state index is 11.4. The molecule has 12 heavy (non-hydrogen) atoms. The summed E-state index contributed by atoms with van der Waals surface area (Å²) in [6.07, 6.45) is 7.73. The number of amides is 1. The Kier molecular flexibility index (Phi) is 2.33. The average molecular weight is 167 g/mol. The van der Waals surface area contributed by atoms with Gasteiger partial charge in [-0.2, -0.15) is 0 Å². The molecule has 0 spiro atoms. The van der Waals surface area contributed by atoms with E-state index in [0.29, 0.717) is 17.7 Å². The van der Waals surface area contributed by atoms with E-state index in [9.17, 15) is 4.79 Å². The predicted molar refractivity (Wildman–Crippen MR) is 47.7 cm³/mol. The highest BCUT2D eigenvalue weighted by Crippen LogP contribution is 2.33. The summed E-state index contributed by atoms with van der Waals surface area (Å²) in [5.74, 6) is 1.40. The molecule has 2 aliphatic rings. The second-order valence-corrected chi connectivity index (χ2v) is 4.08. The topological polar surface area (TPSA) is 29.1 Å². The van der Waals surface area contributed by atoms with Gasteiger partial charge in [-0.15, -0.1) is 0 Å². The number of hydrogen-bond donors (Lipinski definition) is 1. The number of carbonyl (C=O) groups is 1. The third kappa shape index (κ3) is 1.47. The molecule has 1 amide bonds. The molecular formula is C10H17NO. The molecule has 0 radical (unpaired) electrons. The quantitative estimate of drug-likeness (QED) is 0.632. The lowest BCUT2D eigenvalue weighted by Gasteiger charge is -2.25. The van der Waals surface area contributed by atoms with E-state index >= 15 is 0 Å². The van der Waals surface area contributed by atoms with Crippen LogP contribution in [-0.2, 0) is 4.79 Å². The van der Waals surface area contributed by atoms with E-state index in [1.54, 1.807) is 0 Å². The fourth-order valence-electron chi connectivity index (χ4n) is 2.60. The minimum atomic E-state index is 0.321. The molecule has 0 aromatic heterocycles. The van der Waals surface area contributed by atoms with Gasteiger partial charge in [0, 0.05) is 12.5 Å². The molecule has 1 saturated heterocycles. The van der Waals surface area contributed by atoms with Gasteiger partial charge in [0.2, 0.25) is 5.91 Å². The summed E-state index contributed by atoms with van der Waals surface area (Å²) >= 11 is 0. The smallest absolute Gasteiger partial charge is 0.223 e. The Bertz CT molecular complexity index is 173. The van der Waals surface area contributed by atoms with Crippen LogP contribution in [0.4, 0.5) is 0 Å². The van der Waals surface area contributed by atoms with Gasteiger partial charge in [0.1, 0.15) is 0 Å². The zero-order chi connectivity index (χ0) is 8.39. The molecule has 1 heterocycles. The fourth-order valence-corrected chi connectivity index (χ4v) is 2.60. The number of carbonyl (C=O) groups excluding carboxylic acids is 1. The second-order valence-electron chi connectivity index (χ2n) is 4.08. The van der Waals surface area contributed by atoms with Crippen LogP contribution in [0.2, 0.25) is 0 Å². The van der Waals surface area contributed by atoms with Crippen molar-refractivity contribution in [1.82, 2.24) is 5.32 Å². The first-order valence-electron chi connectivity index (χ1n) is 5.15. The van der Waals surface area contributed by atoms with Crippen LogP contribution in [0.3, 0.4) is 0 Å². The maximum Gasteiger partial charge on any atom is 0.223 e. The van der Waals surface area contributed by atoms with E-state index in [1.807, 2.05) is 0 Å². The molecular weight excluding hydrogens is 150 g/mol. The molecule has 2 heteroatoms. The minimum absolute atomic E-state index is 0.321. The summed E-state index contributed by atoms with van der Waals surface area (Å²) in [6, 6.07) is 0. The van der Waals surface area contributed by atoms with Crippen molar-refractivity contribution in [3.8, 4) is 0 Å². The van der Waals surface area contributed by atoms with E-state index in [0.717, 1.165) is 13.0 Å². The Morgan fingerprint density at radius 3 is 2.42 bits per heavy atom. The monoisotopic (exact) mass is 167 g/mol. The predicted octanol–water partition coefficient (Wildman–Crippen LogP) is 1.70. The molecule has 1 unspecified atom stereocenters. The first kappa shape index (κ1) is 8.09. The molecule has 1 N–H and O–H groups in total. The van der Waals surface area contributed by atoms with Crippen LogP contribution in [0, 0.1) is 11.8 Å². The van der Waals surface area contributed by atoms with Crippen molar-refractivity contribution in [1.29, 1.82) is 0 Å². The van der Waals surface area contributed by atoms with Crippen molar-refractivity contribution >= 4 is 5.91 Å². The lowest BCUT2D eigenvalue weighted by Crippen LogP contribution is -2.26. The lowest BCUT2D eigenvalue weighted by atomic mass is 9.79. The van der Waals surface area contributed by atoms with E-state index in [-0.39, 0.29) is 0 Å². The highest BCUT2D eigenvalue weighted by molar-refractivity contribution is 5.80. The van der Waals surface area contributed by atoms with Gasteiger partial charge < -0.3 is 5.32 Å². The Labute approximate surface area is 73.7 Å². The average Bonchev–Trinajstić information content (AvgIpc) is 2.53. The number of nitrogens with one attached hydrogen (secondary N) is 1. The molecule has 1 atom stereocenters. The largest absolute Gasteiger partial charge is 0.356 e. The zero-order valence-corrected chi connectivity index (χ0v) is 7.51. The summed E-state index contributed by atoms with van der Waals surface area (Å²) < 4.78 is 0. The number of rotatable bonds is 1. The molecule has 1 aliphatic heterocycles. The standard InChI is InChI=1S/C10H17NO/c12-10-9(6-7-11-10)8-4-2-1-3-5-8/h8-9H,1-7H2,(H,11,12). The van der Waals surface area contributed by atoms with Gasteiger partial charge in [-0.25, -0.2) is 0 Å². The van der Waals surface area contributed by atoms with Gasteiger partial charge in [-0.3, -0.25) is 4.79 Å². The van der Waals surface area contributed by atoms with Crippen LogP contribution in [-0.4, -0.2) is 12.5 Å². The molecule has 1 saturated carbocycles. The van der Waals surface area contributed by atoms with Crippen molar-refractivity contribution in [2.24, 2.45) is 11.8 Å². The van der Waals surface area contributed by atoms with Gasteiger partial charge in [0.25, 0.3) is 0 Å². The van der Waals surface area contributed by atoms with Crippen molar-refractivity contribution in [2.75, 3.05) is 6.54 Å². The van der Waals surface area contributed by atoms with Gasteiger partial charge in [-0.05, 0) is 25.2 Å². The first-order valence-corrected chi connectivity index (χ1v) is 5.15. The van der Waals surface area contributed by atoms with Crippen molar-refractivity contribution in [3.63, 3.8) is 0 Å². The van der Waals surface area contributed by atoms with Crippen LogP contribution in [0.1, 0.15) is 38.5 Å². The minimum Gasteiger partial charge on any atom is -0.356 e. The van der Waals surface area contributed by atoms with Crippen molar-refractivity contribution in [3.05, 3.63) is 0 Å². The van der Waals surface area contributed by atoms with E-state index in [4.69, 9.17) is 0 Å². The van der Waals surface area contributed by atoms with Gasteiger partial charge >= 0.3 is 0 Å². The van der Waals surface area contributed by atoms with Crippen LogP contribution in [0.25, 0.3) is 0 Å². The van der Waals surface area contributed by atoms with Gasteiger partial charge in [-0.1, -0.05) is 19.3 Å². The Morgan fingerprint density at radius 2 is 1.83 bits per heavy atom. The van der Waals surface area contributed by atoms with Crippen LogP contribution >= 0.6 is 0 Å². The van der Waals surface area contributed by atoms with E-state index in [1.165, 1.54) is 32.1 Å². The molecule has 1 aliphatic carbocycles. The Balaban J connectivity index is 1.93. The summed E-state index contributed by atoms with van der Waals surface area (Å²) in [7, 11) is 0. The SMILES string of the molecule is O=C1NCCC1C1CCCCC1. The molecule has 0 aromatic carbocycles. The third-order valence-corrected chi connectivity index (χ3v) is 3.31. The van der Waals surface area contributed by atoms with E-state index < -0.39 is 0 Å². The highest BCUT2D eigenvalue weighted by atomic mass is 16.2. The molecule has 2 rings (SSSR count). The van der Waals surface area contributed by atoms with Crippen molar-refractivity contribution in [2.45, 2.75) is 38.5 Å². The molecule has 0 bridgehead atoms. The van der Waals surface area contributed by atoms with Crippen LogP contribution < -0.4 is 5.32 Å². The lowest BCUT2D eigenvalue weighted by molar-refractivity contribution is -0.124. The molecule has 2 nitrogen and oxygen atoms in total. The van der Waals surface area contributed by atoms with Crippen LogP contribution in [0.15, 0.2) is 0 Å². The van der Waals surface area contributed by atoms with Crippen LogP contribution in [0.5, 0.6) is 0 Å².